The molecular weight excluding hydrogens is 412 g/mol. The maximum absolute atomic E-state index is 12.7. The van der Waals surface area contributed by atoms with Crippen LogP contribution in [0.5, 0.6) is 5.75 Å². The Labute approximate surface area is 198 Å². The summed E-state index contributed by atoms with van der Waals surface area (Å²) >= 11 is 0. The molecule has 2 aromatic rings. The lowest BCUT2D eigenvalue weighted by Gasteiger charge is -2.58. The van der Waals surface area contributed by atoms with E-state index in [0.717, 1.165) is 70.2 Å². The molecule has 3 unspecified atom stereocenters. The topological polar surface area (TPSA) is 53.8 Å². The van der Waals surface area contributed by atoms with Gasteiger partial charge in [-0.05, 0) is 94.3 Å². The molecule has 3 aliphatic rings. The first-order valence-corrected chi connectivity index (χ1v) is 12.8. The van der Waals surface area contributed by atoms with Gasteiger partial charge in [0.05, 0.1) is 19.3 Å². The number of aliphatic hydroxyl groups is 1. The number of rotatable bonds is 7. The van der Waals surface area contributed by atoms with E-state index in [9.17, 15) is 5.11 Å². The maximum Gasteiger partial charge on any atom is 0.119 e. The molecule has 1 saturated carbocycles. The molecule has 2 saturated heterocycles. The van der Waals surface area contributed by atoms with E-state index in [0.29, 0.717) is 0 Å². The Balaban J connectivity index is 1.47. The summed E-state index contributed by atoms with van der Waals surface area (Å²) in [6, 6.07) is 8.56. The summed E-state index contributed by atoms with van der Waals surface area (Å²) < 4.78 is 7.65. The van der Waals surface area contributed by atoms with Gasteiger partial charge in [0, 0.05) is 43.5 Å². The molecule has 1 N–H and O–H groups in total. The fourth-order valence-electron chi connectivity index (χ4n) is 6.55. The number of methoxy groups -OCH3 is 1. The van der Waals surface area contributed by atoms with Crippen LogP contribution in [0.1, 0.15) is 50.2 Å². The van der Waals surface area contributed by atoms with Gasteiger partial charge in [-0.3, -0.25) is 9.58 Å². The van der Waals surface area contributed by atoms with Gasteiger partial charge in [0.1, 0.15) is 5.75 Å². The van der Waals surface area contributed by atoms with Crippen molar-refractivity contribution in [1.29, 1.82) is 0 Å². The normalized spacial score (nSPS) is 31.2. The van der Waals surface area contributed by atoms with Crippen molar-refractivity contribution in [3.63, 3.8) is 0 Å². The summed E-state index contributed by atoms with van der Waals surface area (Å²) in [6.45, 7) is 10.4. The van der Waals surface area contributed by atoms with Gasteiger partial charge < -0.3 is 14.7 Å². The zero-order valence-corrected chi connectivity index (χ0v) is 20.5. The highest BCUT2D eigenvalue weighted by atomic mass is 16.5. The first kappa shape index (κ1) is 22.9. The number of piperidine rings is 1. The quantitative estimate of drug-likeness (QED) is 0.697. The highest BCUT2D eigenvalue weighted by molar-refractivity contribution is 5.44. The lowest BCUT2D eigenvalue weighted by Crippen LogP contribution is -2.68. The van der Waals surface area contributed by atoms with Crippen molar-refractivity contribution in [2.24, 2.45) is 5.92 Å². The third-order valence-electron chi connectivity index (χ3n) is 8.91. The fourth-order valence-corrected chi connectivity index (χ4v) is 6.55. The van der Waals surface area contributed by atoms with E-state index in [1.54, 1.807) is 7.11 Å². The summed E-state index contributed by atoms with van der Waals surface area (Å²) in [6.07, 6.45) is 9.34. The molecule has 0 amide bonds. The van der Waals surface area contributed by atoms with Crippen LogP contribution in [-0.4, -0.2) is 76.2 Å². The van der Waals surface area contributed by atoms with Crippen LogP contribution in [0.25, 0.3) is 0 Å². The predicted octanol–water partition coefficient (Wildman–Crippen LogP) is 3.47. The standard InChI is InChI=1S/C27H40N4O2/c1-21-5-8-24(33-3)19-25(21)26-9-14-29(17-18-31-13-4-12-28-31)15-11-27(26,32)22(2)30(16-10-26)20-23-6-7-23/h4-5,8,12-13,19,22-23,32H,6-7,9-11,14-18,20H2,1-3H3. The minimum Gasteiger partial charge on any atom is -0.497 e. The highest BCUT2D eigenvalue weighted by Crippen LogP contribution is 2.53. The molecule has 6 nitrogen and oxygen atoms in total. The summed E-state index contributed by atoms with van der Waals surface area (Å²) in [5.74, 6) is 1.72. The van der Waals surface area contributed by atoms with Gasteiger partial charge >= 0.3 is 0 Å². The molecular formula is C27H40N4O2. The van der Waals surface area contributed by atoms with Gasteiger partial charge in [-0.1, -0.05) is 6.07 Å². The smallest absolute Gasteiger partial charge is 0.119 e. The first-order valence-electron chi connectivity index (χ1n) is 12.8. The van der Waals surface area contributed by atoms with Crippen molar-refractivity contribution >= 4 is 0 Å². The molecule has 1 aliphatic carbocycles. The second-order valence-electron chi connectivity index (χ2n) is 10.7. The van der Waals surface area contributed by atoms with Crippen LogP contribution in [0.15, 0.2) is 36.7 Å². The van der Waals surface area contributed by atoms with Gasteiger partial charge in [0.2, 0.25) is 0 Å². The number of aryl methyl sites for hydroxylation is 1. The molecule has 3 fully saturated rings. The summed E-state index contributed by atoms with van der Waals surface area (Å²) in [4.78, 5) is 5.12. The molecule has 33 heavy (non-hydrogen) atoms. The van der Waals surface area contributed by atoms with Crippen LogP contribution >= 0.6 is 0 Å². The molecule has 5 rings (SSSR count). The predicted molar refractivity (Wildman–Crippen MR) is 131 cm³/mol. The molecule has 3 atom stereocenters. The Bertz CT molecular complexity index is 944. The monoisotopic (exact) mass is 452 g/mol. The number of benzene rings is 1. The van der Waals surface area contributed by atoms with Gasteiger partial charge in [0.25, 0.3) is 0 Å². The third-order valence-corrected chi connectivity index (χ3v) is 8.91. The average Bonchev–Trinajstić information content (AvgIpc) is 3.52. The lowest BCUT2D eigenvalue weighted by molar-refractivity contribution is -0.136. The minimum absolute atomic E-state index is 0.142. The molecule has 1 aromatic carbocycles. The van der Waals surface area contributed by atoms with Crippen LogP contribution in [0.3, 0.4) is 0 Å². The van der Waals surface area contributed by atoms with Crippen LogP contribution in [0, 0.1) is 12.8 Å². The number of nitrogens with zero attached hydrogens (tertiary/aromatic N) is 4. The second-order valence-corrected chi connectivity index (χ2v) is 10.7. The molecule has 3 heterocycles. The summed E-state index contributed by atoms with van der Waals surface area (Å²) in [5, 5.41) is 17.1. The lowest BCUT2D eigenvalue weighted by atomic mass is 9.57. The largest absolute Gasteiger partial charge is 0.497 e. The Kier molecular flexibility index (Phi) is 6.27. The minimum atomic E-state index is -0.766. The highest BCUT2D eigenvalue weighted by Gasteiger charge is 2.59. The average molecular weight is 453 g/mol. The molecule has 0 radical (unpaired) electrons. The molecule has 1 aromatic heterocycles. The SMILES string of the molecule is COc1ccc(C)c(C23CCN(CCn4cccn4)CCC2(O)C(C)N(CC2CC2)CC3)c1. The number of hydrogen-bond donors (Lipinski definition) is 1. The van der Waals surface area contributed by atoms with Crippen LogP contribution in [-0.2, 0) is 12.0 Å². The number of ether oxygens (including phenoxy) is 1. The van der Waals surface area contributed by atoms with E-state index in [1.165, 1.54) is 24.0 Å². The molecule has 2 aliphatic heterocycles. The number of likely N-dealkylation sites (tertiary alicyclic amines) is 2. The van der Waals surface area contributed by atoms with E-state index < -0.39 is 5.60 Å². The second kappa shape index (κ2) is 9.05. The van der Waals surface area contributed by atoms with Crippen LogP contribution < -0.4 is 4.74 Å². The Morgan fingerprint density at radius 3 is 2.64 bits per heavy atom. The van der Waals surface area contributed by atoms with Crippen molar-refractivity contribution < 1.29 is 9.84 Å². The van der Waals surface area contributed by atoms with E-state index in [4.69, 9.17) is 4.74 Å². The number of aromatic nitrogens is 2. The molecule has 180 valence electrons. The van der Waals surface area contributed by atoms with Gasteiger partial charge in [-0.15, -0.1) is 0 Å². The Morgan fingerprint density at radius 2 is 1.91 bits per heavy atom. The molecule has 0 spiro atoms. The number of hydrogen-bond acceptors (Lipinski definition) is 5. The molecule has 6 heteroatoms. The van der Waals surface area contributed by atoms with Gasteiger partial charge in [-0.25, -0.2) is 0 Å². The van der Waals surface area contributed by atoms with Crippen LogP contribution in [0.2, 0.25) is 0 Å². The maximum atomic E-state index is 12.7. The van der Waals surface area contributed by atoms with Crippen LogP contribution in [0.4, 0.5) is 0 Å². The van der Waals surface area contributed by atoms with Crippen molar-refractivity contribution in [1.82, 2.24) is 19.6 Å². The zero-order chi connectivity index (χ0) is 23.1. The fraction of sp³-hybridized carbons (Fsp3) is 0.667. The summed E-state index contributed by atoms with van der Waals surface area (Å²) in [5.41, 5.74) is 1.53. The van der Waals surface area contributed by atoms with E-state index >= 15 is 0 Å². The van der Waals surface area contributed by atoms with Crippen molar-refractivity contribution in [3.05, 3.63) is 47.8 Å². The van der Waals surface area contributed by atoms with E-state index in [-0.39, 0.29) is 11.5 Å². The molecule has 0 bridgehead atoms. The Hall–Kier alpha value is -1.89. The summed E-state index contributed by atoms with van der Waals surface area (Å²) in [7, 11) is 1.74. The van der Waals surface area contributed by atoms with Crippen molar-refractivity contribution in [2.75, 3.05) is 39.8 Å². The van der Waals surface area contributed by atoms with Gasteiger partial charge in [-0.2, -0.15) is 5.10 Å². The van der Waals surface area contributed by atoms with Crippen molar-refractivity contribution in [3.8, 4) is 5.75 Å². The van der Waals surface area contributed by atoms with Gasteiger partial charge in [0.15, 0.2) is 0 Å². The van der Waals surface area contributed by atoms with E-state index in [1.807, 2.05) is 29.2 Å². The van der Waals surface area contributed by atoms with E-state index in [2.05, 4.69) is 40.9 Å². The Morgan fingerprint density at radius 1 is 1.12 bits per heavy atom. The zero-order valence-electron chi connectivity index (χ0n) is 20.5. The first-order chi connectivity index (χ1) is 15.9. The number of fused-ring (bicyclic) bond motifs is 1. The third kappa shape index (κ3) is 4.22. The van der Waals surface area contributed by atoms with Crippen molar-refractivity contribution in [2.45, 2.75) is 69.6 Å².